The van der Waals surface area contributed by atoms with Crippen molar-refractivity contribution in [3.63, 3.8) is 0 Å². The van der Waals surface area contributed by atoms with Crippen molar-refractivity contribution >= 4 is 5.91 Å². The Morgan fingerprint density at radius 3 is 2.11 bits per heavy atom. The average molecular weight is 391 g/mol. The van der Waals surface area contributed by atoms with Crippen molar-refractivity contribution in [2.45, 2.75) is 31.1 Å². The van der Waals surface area contributed by atoms with Crippen LogP contribution in [0.25, 0.3) is 5.69 Å². The molecule has 3 rings (SSSR count). The smallest absolute Gasteiger partial charge is 0.335 e. The first-order chi connectivity index (χ1) is 12.6. The van der Waals surface area contributed by atoms with E-state index in [0.29, 0.717) is 10.6 Å². The molecule has 0 spiro atoms. The summed E-state index contributed by atoms with van der Waals surface area (Å²) < 4.78 is 78.1. The molecule has 1 aromatic heterocycles. The first kappa shape index (κ1) is 19.2. The van der Waals surface area contributed by atoms with Crippen LogP contribution in [0.3, 0.4) is 0 Å². The van der Waals surface area contributed by atoms with Crippen LogP contribution in [-0.4, -0.2) is 39.9 Å². The molecule has 0 radical (unpaired) electrons. The molecule has 2 aromatic rings. The number of piperidine rings is 1. The fraction of sp³-hybridized carbons (Fsp3) is 0.412. The molecule has 1 aliphatic heterocycles. The molecule has 0 saturated carbocycles. The molecule has 0 N–H and O–H groups in total. The molecule has 146 valence electrons. The second kappa shape index (κ2) is 6.90. The maximum atomic E-state index is 13.1. The van der Waals surface area contributed by atoms with Gasteiger partial charge in [0, 0.05) is 24.7 Å². The molecule has 1 aromatic carbocycles. The molecule has 10 heteroatoms. The monoisotopic (exact) mass is 391 g/mol. The second-order valence-corrected chi connectivity index (χ2v) is 6.26. The zero-order valence-corrected chi connectivity index (χ0v) is 13.9. The Bertz CT molecular complexity index is 804. The Kier molecular flexibility index (Phi) is 4.92. The van der Waals surface area contributed by atoms with E-state index in [4.69, 9.17) is 0 Å². The van der Waals surface area contributed by atoms with Crippen LogP contribution in [0.1, 0.15) is 30.1 Å². The van der Waals surface area contributed by atoms with Crippen molar-refractivity contribution in [1.82, 2.24) is 14.7 Å². The molecule has 27 heavy (non-hydrogen) atoms. The maximum absolute atomic E-state index is 13.1. The molecule has 0 bridgehead atoms. The van der Waals surface area contributed by atoms with Crippen LogP contribution >= 0.6 is 0 Å². The van der Waals surface area contributed by atoms with E-state index in [9.17, 15) is 31.1 Å². The van der Waals surface area contributed by atoms with Crippen LogP contribution in [0.15, 0.2) is 36.4 Å². The van der Waals surface area contributed by atoms with Crippen molar-refractivity contribution < 1.29 is 31.1 Å². The summed E-state index contributed by atoms with van der Waals surface area (Å²) >= 11 is 0. The summed E-state index contributed by atoms with van der Waals surface area (Å²) in [7, 11) is 0. The number of likely N-dealkylation sites (tertiary alicyclic amines) is 1. The zero-order valence-electron chi connectivity index (χ0n) is 13.9. The fourth-order valence-corrected chi connectivity index (χ4v) is 3.16. The number of amides is 1. The number of benzene rings is 1. The quantitative estimate of drug-likeness (QED) is 0.721. The zero-order chi connectivity index (χ0) is 19.8. The third-order valence-electron chi connectivity index (χ3n) is 4.47. The highest BCUT2D eigenvalue weighted by Gasteiger charge is 2.44. The molecular formula is C17H15F6N3O. The van der Waals surface area contributed by atoms with Crippen LogP contribution in [0.4, 0.5) is 26.3 Å². The summed E-state index contributed by atoms with van der Waals surface area (Å²) in [5.41, 5.74) is -0.361. The number of alkyl halides is 6. The number of carbonyl (C=O) groups excluding carboxylic acids is 1. The van der Waals surface area contributed by atoms with Crippen LogP contribution in [0, 0.1) is 0 Å². The highest BCUT2D eigenvalue weighted by molar-refractivity contribution is 5.81. The molecule has 0 aliphatic carbocycles. The van der Waals surface area contributed by atoms with E-state index in [2.05, 4.69) is 5.10 Å². The molecule has 1 fully saturated rings. The second-order valence-electron chi connectivity index (χ2n) is 6.26. The lowest BCUT2D eigenvalue weighted by molar-refractivity contribution is -0.186. The third kappa shape index (κ3) is 4.09. The fourth-order valence-electron chi connectivity index (χ4n) is 3.16. The van der Waals surface area contributed by atoms with Gasteiger partial charge in [-0.1, -0.05) is 18.2 Å². The number of aromatic nitrogens is 2. The average Bonchev–Trinajstić information content (AvgIpc) is 3.07. The van der Waals surface area contributed by atoms with Gasteiger partial charge in [-0.3, -0.25) is 4.79 Å². The van der Waals surface area contributed by atoms with E-state index in [1.165, 1.54) is 4.68 Å². The van der Waals surface area contributed by atoms with Crippen LogP contribution < -0.4 is 0 Å². The molecule has 0 atom stereocenters. The lowest BCUT2D eigenvalue weighted by atomic mass is 9.93. The van der Waals surface area contributed by atoms with E-state index in [-0.39, 0.29) is 31.6 Å². The van der Waals surface area contributed by atoms with E-state index in [0.717, 1.165) is 6.07 Å². The SMILES string of the molecule is O=C(N1CCC(c2cc(C(F)(F)F)nn2-c2ccccc2)CC1)C(F)(F)F. The van der Waals surface area contributed by atoms with Crippen LogP contribution in [-0.2, 0) is 11.0 Å². The van der Waals surface area contributed by atoms with Crippen LogP contribution in [0.5, 0.6) is 0 Å². The Balaban J connectivity index is 1.87. The lowest BCUT2D eigenvalue weighted by Gasteiger charge is -2.32. The minimum absolute atomic E-state index is 0.123. The summed E-state index contributed by atoms with van der Waals surface area (Å²) in [5.74, 6) is -2.36. The summed E-state index contributed by atoms with van der Waals surface area (Å²) in [6.45, 7) is -0.353. The standard InChI is InChI=1S/C17H15F6N3O/c18-16(19,20)14-10-13(26(24-14)12-4-2-1-3-5-12)11-6-8-25(9-7-11)15(27)17(21,22)23/h1-5,10-11H,6-9H2. The molecule has 4 nitrogen and oxygen atoms in total. The molecule has 1 saturated heterocycles. The number of para-hydroxylation sites is 1. The van der Waals surface area contributed by atoms with E-state index in [1.54, 1.807) is 30.3 Å². The number of carbonyl (C=O) groups is 1. The van der Waals surface area contributed by atoms with Gasteiger partial charge in [0.15, 0.2) is 5.69 Å². The van der Waals surface area contributed by atoms with Crippen molar-refractivity contribution in [2.75, 3.05) is 13.1 Å². The van der Waals surface area contributed by atoms with Gasteiger partial charge in [0.2, 0.25) is 0 Å². The molecule has 0 unspecified atom stereocenters. The summed E-state index contributed by atoms with van der Waals surface area (Å²) in [6.07, 6.45) is -9.35. The highest BCUT2D eigenvalue weighted by atomic mass is 19.4. The Hall–Kier alpha value is -2.52. The number of rotatable bonds is 2. The van der Waals surface area contributed by atoms with Crippen molar-refractivity contribution in [3.8, 4) is 5.69 Å². The van der Waals surface area contributed by atoms with Gasteiger partial charge in [-0.2, -0.15) is 31.4 Å². The van der Waals surface area contributed by atoms with E-state index in [1.807, 2.05) is 0 Å². The molecule has 2 heterocycles. The third-order valence-corrected chi connectivity index (χ3v) is 4.47. The number of hydrogen-bond acceptors (Lipinski definition) is 2. The first-order valence-electron chi connectivity index (χ1n) is 8.16. The largest absolute Gasteiger partial charge is 0.471 e. The molecule has 1 aliphatic rings. The predicted octanol–water partition coefficient (Wildman–Crippen LogP) is 4.16. The van der Waals surface area contributed by atoms with Gasteiger partial charge in [-0.25, -0.2) is 4.68 Å². The van der Waals surface area contributed by atoms with Crippen molar-refractivity contribution in [2.24, 2.45) is 0 Å². The van der Waals surface area contributed by atoms with Gasteiger partial charge in [0.25, 0.3) is 0 Å². The van der Waals surface area contributed by atoms with Gasteiger partial charge in [-0.05, 0) is 31.0 Å². The first-order valence-corrected chi connectivity index (χ1v) is 8.16. The Morgan fingerprint density at radius 1 is 1.00 bits per heavy atom. The maximum Gasteiger partial charge on any atom is 0.471 e. The van der Waals surface area contributed by atoms with Gasteiger partial charge in [-0.15, -0.1) is 0 Å². The number of hydrogen-bond donors (Lipinski definition) is 0. The predicted molar refractivity (Wildman–Crippen MR) is 83.2 cm³/mol. The topological polar surface area (TPSA) is 38.1 Å². The highest BCUT2D eigenvalue weighted by Crippen LogP contribution is 2.36. The van der Waals surface area contributed by atoms with Crippen molar-refractivity contribution in [3.05, 3.63) is 47.8 Å². The Labute approximate surface area is 150 Å². The minimum Gasteiger partial charge on any atom is -0.335 e. The van der Waals surface area contributed by atoms with Crippen LogP contribution in [0.2, 0.25) is 0 Å². The minimum atomic E-state index is -4.96. The van der Waals surface area contributed by atoms with Gasteiger partial charge in [0.1, 0.15) is 0 Å². The molecular weight excluding hydrogens is 376 g/mol. The van der Waals surface area contributed by atoms with Gasteiger partial charge < -0.3 is 4.90 Å². The summed E-state index contributed by atoms with van der Waals surface area (Å²) in [4.78, 5) is 12.0. The molecule has 1 amide bonds. The van der Waals surface area contributed by atoms with E-state index >= 15 is 0 Å². The Morgan fingerprint density at radius 2 is 1.59 bits per heavy atom. The lowest BCUT2D eigenvalue weighted by Crippen LogP contribution is -2.45. The number of nitrogens with zero attached hydrogens (tertiary/aromatic N) is 3. The summed E-state index contributed by atoms with van der Waals surface area (Å²) in [6, 6.07) is 9.13. The number of halogens is 6. The van der Waals surface area contributed by atoms with Crippen molar-refractivity contribution in [1.29, 1.82) is 0 Å². The van der Waals surface area contributed by atoms with Gasteiger partial charge >= 0.3 is 18.3 Å². The van der Waals surface area contributed by atoms with Gasteiger partial charge in [0.05, 0.1) is 5.69 Å². The van der Waals surface area contributed by atoms with E-state index < -0.39 is 29.9 Å². The normalized spacial score (nSPS) is 16.6. The summed E-state index contributed by atoms with van der Waals surface area (Å²) in [5, 5.41) is 3.65.